The molecule has 6 nitrogen and oxygen atoms in total. The van der Waals surface area contributed by atoms with Crippen molar-refractivity contribution in [1.29, 1.82) is 0 Å². The van der Waals surface area contributed by atoms with Crippen LogP contribution in [0.5, 0.6) is 0 Å². The van der Waals surface area contributed by atoms with Gasteiger partial charge in [-0.15, -0.1) is 11.3 Å². The summed E-state index contributed by atoms with van der Waals surface area (Å²) in [6.07, 6.45) is 0.292. The van der Waals surface area contributed by atoms with Crippen molar-refractivity contribution in [2.45, 2.75) is 17.6 Å². The number of hydrogen-bond acceptors (Lipinski definition) is 5. The van der Waals surface area contributed by atoms with Gasteiger partial charge in [-0.05, 0) is 30.2 Å². The van der Waals surface area contributed by atoms with Crippen LogP contribution in [0.15, 0.2) is 27.2 Å². The van der Waals surface area contributed by atoms with Crippen LogP contribution in [0.25, 0.3) is 10.2 Å². The summed E-state index contributed by atoms with van der Waals surface area (Å²) in [4.78, 5) is 19.4. The Hall–Kier alpha value is -1.45. The maximum Gasteiger partial charge on any atom is 0.304 e. The van der Waals surface area contributed by atoms with Gasteiger partial charge in [0.2, 0.25) is 0 Å². The van der Waals surface area contributed by atoms with Gasteiger partial charge in [0.05, 0.1) is 15.4 Å². The number of nitrogens with one attached hydrogen (secondary N) is 1. The predicted molar refractivity (Wildman–Crippen MR) is 94.1 cm³/mol. The van der Waals surface area contributed by atoms with E-state index in [0.717, 1.165) is 16.9 Å². The van der Waals surface area contributed by atoms with Crippen LogP contribution in [0.3, 0.4) is 0 Å². The molecule has 0 radical (unpaired) electrons. The fourth-order valence-electron chi connectivity index (χ4n) is 2.34. The van der Waals surface area contributed by atoms with Crippen LogP contribution in [0.4, 0.5) is 0 Å². The van der Waals surface area contributed by atoms with Crippen LogP contribution in [0, 0.1) is 6.92 Å². The standard InChI is InChI=1S/C14H10Cl2N2O4S2/c1-6-11-12(19)17-10(5-7-2-3-8(15)9(16)4-7)18-13(11)23-14(6)24(20,21)22/h2-4H,5H2,1H3,(H,17,18,19)(H,20,21,22). The highest BCUT2D eigenvalue weighted by molar-refractivity contribution is 7.88. The minimum Gasteiger partial charge on any atom is -0.310 e. The van der Waals surface area contributed by atoms with Crippen molar-refractivity contribution in [3.05, 3.63) is 55.5 Å². The molecule has 0 amide bonds. The highest BCUT2D eigenvalue weighted by Crippen LogP contribution is 2.31. The molecule has 0 saturated heterocycles. The molecule has 2 heterocycles. The number of H-pyrrole nitrogens is 1. The third kappa shape index (κ3) is 3.20. The monoisotopic (exact) mass is 404 g/mol. The number of nitrogens with zero attached hydrogens (tertiary/aromatic N) is 1. The first-order valence-electron chi connectivity index (χ1n) is 6.60. The molecule has 0 atom stereocenters. The summed E-state index contributed by atoms with van der Waals surface area (Å²) >= 11 is 12.6. The van der Waals surface area contributed by atoms with Gasteiger partial charge in [0.25, 0.3) is 5.56 Å². The van der Waals surface area contributed by atoms with Crippen LogP contribution in [0.2, 0.25) is 10.0 Å². The molecule has 0 saturated carbocycles. The third-order valence-corrected chi connectivity index (χ3v) is 6.77. The molecule has 0 aliphatic carbocycles. The van der Waals surface area contributed by atoms with E-state index in [-0.39, 0.29) is 20.0 Å². The van der Waals surface area contributed by atoms with Crippen molar-refractivity contribution >= 4 is 54.9 Å². The zero-order valence-electron chi connectivity index (χ0n) is 12.1. The number of hydrogen-bond donors (Lipinski definition) is 2. The lowest BCUT2D eigenvalue weighted by molar-refractivity contribution is 0.485. The minimum absolute atomic E-state index is 0.158. The SMILES string of the molecule is Cc1c(S(=O)(=O)O)sc2nc(Cc3ccc(Cl)c(Cl)c3)[nH]c(=O)c12. The summed E-state index contributed by atoms with van der Waals surface area (Å²) in [5.41, 5.74) is 0.515. The van der Waals surface area contributed by atoms with Crippen LogP contribution in [-0.4, -0.2) is 22.9 Å². The predicted octanol–water partition coefficient (Wildman–Crippen LogP) is 3.44. The first-order chi connectivity index (χ1) is 11.2. The van der Waals surface area contributed by atoms with Crippen molar-refractivity contribution in [2.75, 3.05) is 0 Å². The van der Waals surface area contributed by atoms with Crippen LogP contribution < -0.4 is 5.56 Å². The van der Waals surface area contributed by atoms with Crippen molar-refractivity contribution < 1.29 is 13.0 Å². The molecule has 1 aromatic carbocycles. The fraction of sp³-hybridized carbons (Fsp3) is 0.143. The van der Waals surface area contributed by atoms with Gasteiger partial charge in [-0.3, -0.25) is 9.35 Å². The normalized spacial score (nSPS) is 12.0. The molecule has 10 heteroatoms. The zero-order valence-corrected chi connectivity index (χ0v) is 15.3. The summed E-state index contributed by atoms with van der Waals surface area (Å²) in [5, 5.41) is 0.965. The Labute approximate surface area is 150 Å². The topological polar surface area (TPSA) is 100 Å². The molecule has 0 fully saturated rings. The summed E-state index contributed by atoms with van der Waals surface area (Å²) in [6, 6.07) is 5.06. The van der Waals surface area contributed by atoms with E-state index in [0.29, 0.717) is 22.3 Å². The highest BCUT2D eigenvalue weighted by atomic mass is 35.5. The van der Waals surface area contributed by atoms with Gasteiger partial charge >= 0.3 is 10.1 Å². The lowest BCUT2D eigenvalue weighted by Gasteiger charge is -2.03. The van der Waals surface area contributed by atoms with E-state index in [1.807, 2.05) is 0 Å². The fourth-order valence-corrected chi connectivity index (χ4v) is 4.74. The molecular weight excluding hydrogens is 395 g/mol. The minimum atomic E-state index is -4.40. The third-order valence-electron chi connectivity index (χ3n) is 3.40. The number of aromatic amines is 1. The number of halogens is 2. The Morgan fingerprint density at radius 1 is 1.29 bits per heavy atom. The Kier molecular flexibility index (Phi) is 4.43. The van der Waals surface area contributed by atoms with Gasteiger partial charge in [-0.1, -0.05) is 29.3 Å². The smallest absolute Gasteiger partial charge is 0.304 e. The van der Waals surface area contributed by atoms with E-state index < -0.39 is 15.7 Å². The van der Waals surface area contributed by atoms with Gasteiger partial charge in [0, 0.05) is 6.42 Å². The van der Waals surface area contributed by atoms with Crippen molar-refractivity contribution in [3.63, 3.8) is 0 Å². The average Bonchev–Trinajstić information content (AvgIpc) is 2.80. The first kappa shape index (κ1) is 17.4. The second-order valence-corrected chi connectivity index (χ2v) is 8.54. The zero-order chi connectivity index (χ0) is 17.6. The number of thiophene rings is 1. The van der Waals surface area contributed by atoms with Gasteiger partial charge in [0.1, 0.15) is 10.7 Å². The molecule has 2 aromatic heterocycles. The summed E-state index contributed by atoms with van der Waals surface area (Å²) in [5.74, 6) is 0.356. The highest BCUT2D eigenvalue weighted by Gasteiger charge is 2.22. The van der Waals surface area contributed by atoms with Crippen molar-refractivity contribution in [3.8, 4) is 0 Å². The van der Waals surface area contributed by atoms with Gasteiger partial charge in [0.15, 0.2) is 4.21 Å². The van der Waals surface area contributed by atoms with E-state index in [2.05, 4.69) is 9.97 Å². The Balaban J connectivity index is 2.11. The van der Waals surface area contributed by atoms with Gasteiger partial charge in [-0.25, -0.2) is 4.98 Å². The molecule has 0 unspecified atom stereocenters. The van der Waals surface area contributed by atoms with E-state index >= 15 is 0 Å². The number of aryl methyl sites for hydroxylation is 1. The lowest BCUT2D eigenvalue weighted by Crippen LogP contribution is -2.12. The lowest BCUT2D eigenvalue weighted by atomic mass is 10.1. The average molecular weight is 405 g/mol. The largest absolute Gasteiger partial charge is 0.310 e. The molecule has 2 N–H and O–H groups in total. The van der Waals surface area contributed by atoms with E-state index in [4.69, 9.17) is 23.2 Å². The molecule has 24 heavy (non-hydrogen) atoms. The van der Waals surface area contributed by atoms with Gasteiger partial charge < -0.3 is 4.98 Å². The van der Waals surface area contributed by atoms with Crippen molar-refractivity contribution in [1.82, 2.24) is 9.97 Å². The number of benzene rings is 1. The summed E-state index contributed by atoms with van der Waals surface area (Å²) in [7, 11) is -4.40. The molecule has 3 rings (SSSR count). The van der Waals surface area contributed by atoms with E-state index in [9.17, 15) is 17.8 Å². The number of rotatable bonds is 3. The number of aromatic nitrogens is 2. The summed E-state index contributed by atoms with van der Waals surface area (Å²) in [6.45, 7) is 1.46. The Morgan fingerprint density at radius 3 is 2.62 bits per heavy atom. The van der Waals surface area contributed by atoms with Gasteiger partial charge in [-0.2, -0.15) is 8.42 Å². The number of fused-ring (bicyclic) bond motifs is 1. The second-order valence-electron chi connectivity index (χ2n) is 5.11. The maximum atomic E-state index is 12.3. The first-order valence-corrected chi connectivity index (χ1v) is 9.62. The van der Waals surface area contributed by atoms with E-state index in [1.165, 1.54) is 6.92 Å². The molecular formula is C14H10Cl2N2O4S2. The van der Waals surface area contributed by atoms with Crippen LogP contribution in [-0.2, 0) is 16.5 Å². The Morgan fingerprint density at radius 2 is 2.00 bits per heavy atom. The molecule has 0 aliphatic heterocycles. The molecule has 0 aliphatic rings. The molecule has 0 bridgehead atoms. The quantitative estimate of drug-likeness (QED) is 0.651. The molecule has 3 aromatic rings. The molecule has 0 spiro atoms. The van der Waals surface area contributed by atoms with E-state index in [1.54, 1.807) is 18.2 Å². The van der Waals surface area contributed by atoms with Crippen molar-refractivity contribution in [2.24, 2.45) is 0 Å². The summed E-state index contributed by atoms with van der Waals surface area (Å²) < 4.78 is 31.7. The second kappa shape index (κ2) is 6.12. The Bertz CT molecular complexity index is 1120. The van der Waals surface area contributed by atoms with Crippen LogP contribution in [0.1, 0.15) is 17.0 Å². The molecule has 126 valence electrons. The van der Waals surface area contributed by atoms with Crippen LogP contribution >= 0.6 is 34.5 Å². The maximum absolute atomic E-state index is 12.3.